The van der Waals surface area contributed by atoms with Crippen molar-refractivity contribution < 1.29 is 9.84 Å². The van der Waals surface area contributed by atoms with Gasteiger partial charge >= 0.3 is 0 Å². The first kappa shape index (κ1) is 11.0. The molecule has 0 spiro atoms. The summed E-state index contributed by atoms with van der Waals surface area (Å²) in [6, 6.07) is 0. The average Bonchev–Trinajstić information content (AvgIpc) is 2.13. The van der Waals surface area contributed by atoms with Crippen molar-refractivity contribution in [1.29, 1.82) is 0 Å². The molecule has 1 N–H and O–H groups in total. The van der Waals surface area contributed by atoms with Crippen LogP contribution in [-0.2, 0) is 4.74 Å². The van der Waals surface area contributed by atoms with E-state index in [1.54, 1.807) is 0 Å². The van der Waals surface area contributed by atoms with Crippen LogP contribution >= 0.6 is 0 Å². The highest BCUT2D eigenvalue weighted by atomic mass is 16.5. The molecule has 1 rings (SSSR count). The molecule has 0 heterocycles. The minimum Gasteiger partial charge on any atom is -0.393 e. The Kier molecular flexibility index (Phi) is 5.40. The van der Waals surface area contributed by atoms with Crippen LogP contribution in [0.5, 0.6) is 0 Å². The molecule has 0 radical (unpaired) electrons. The highest BCUT2D eigenvalue weighted by molar-refractivity contribution is 4.71. The Morgan fingerprint density at radius 1 is 1.38 bits per heavy atom. The monoisotopic (exact) mass is 186 g/mol. The fraction of sp³-hybridized carbons (Fsp3) is 1.00. The molecule has 2 nitrogen and oxygen atoms in total. The van der Waals surface area contributed by atoms with Gasteiger partial charge < -0.3 is 9.84 Å². The molecular formula is C11H22O2. The standard InChI is InChI=1S/C11H22O2/c1-2-13-8-4-6-10-5-3-7-11(12)9-10/h10-12H,2-9H2,1H3. The zero-order valence-electron chi connectivity index (χ0n) is 8.67. The highest BCUT2D eigenvalue weighted by Crippen LogP contribution is 2.27. The molecule has 1 aliphatic rings. The van der Waals surface area contributed by atoms with E-state index in [2.05, 4.69) is 0 Å². The van der Waals surface area contributed by atoms with E-state index in [1.807, 2.05) is 6.92 Å². The van der Waals surface area contributed by atoms with E-state index in [1.165, 1.54) is 19.3 Å². The van der Waals surface area contributed by atoms with Gasteiger partial charge in [0.25, 0.3) is 0 Å². The van der Waals surface area contributed by atoms with E-state index in [0.717, 1.165) is 38.4 Å². The predicted octanol–water partition coefficient (Wildman–Crippen LogP) is 2.35. The molecule has 0 aromatic rings. The molecule has 0 amide bonds. The Morgan fingerprint density at radius 3 is 2.92 bits per heavy atom. The van der Waals surface area contributed by atoms with E-state index in [4.69, 9.17) is 4.74 Å². The number of aliphatic hydroxyl groups is 1. The van der Waals surface area contributed by atoms with Crippen LogP contribution in [0.1, 0.15) is 45.4 Å². The second kappa shape index (κ2) is 6.39. The molecule has 1 fully saturated rings. The lowest BCUT2D eigenvalue weighted by molar-refractivity contribution is 0.0893. The summed E-state index contributed by atoms with van der Waals surface area (Å²) >= 11 is 0. The summed E-state index contributed by atoms with van der Waals surface area (Å²) in [4.78, 5) is 0. The Labute approximate surface area is 81.3 Å². The lowest BCUT2D eigenvalue weighted by Gasteiger charge is -2.25. The quantitative estimate of drug-likeness (QED) is 0.668. The molecule has 0 saturated heterocycles. The summed E-state index contributed by atoms with van der Waals surface area (Å²) in [6.45, 7) is 3.75. The maximum Gasteiger partial charge on any atom is 0.0542 e. The van der Waals surface area contributed by atoms with Crippen LogP contribution in [-0.4, -0.2) is 24.4 Å². The van der Waals surface area contributed by atoms with Crippen LogP contribution < -0.4 is 0 Å². The molecule has 2 unspecified atom stereocenters. The Balaban J connectivity index is 2.00. The van der Waals surface area contributed by atoms with Gasteiger partial charge in [-0.15, -0.1) is 0 Å². The normalized spacial score (nSPS) is 29.1. The summed E-state index contributed by atoms with van der Waals surface area (Å²) in [7, 11) is 0. The first-order chi connectivity index (χ1) is 6.33. The fourth-order valence-corrected chi connectivity index (χ4v) is 2.14. The number of aliphatic hydroxyl groups excluding tert-OH is 1. The van der Waals surface area contributed by atoms with Gasteiger partial charge in [-0.2, -0.15) is 0 Å². The Morgan fingerprint density at radius 2 is 2.23 bits per heavy atom. The Bertz CT molecular complexity index is 125. The van der Waals surface area contributed by atoms with Gasteiger partial charge in [-0.25, -0.2) is 0 Å². The van der Waals surface area contributed by atoms with Crippen LogP contribution in [0.2, 0.25) is 0 Å². The fourth-order valence-electron chi connectivity index (χ4n) is 2.14. The molecule has 0 aromatic heterocycles. The molecular weight excluding hydrogens is 164 g/mol. The van der Waals surface area contributed by atoms with E-state index in [0.29, 0.717) is 0 Å². The highest BCUT2D eigenvalue weighted by Gasteiger charge is 2.19. The van der Waals surface area contributed by atoms with E-state index in [-0.39, 0.29) is 6.10 Å². The number of ether oxygens (including phenoxy) is 1. The van der Waals surface area contributed by atoms with Crippen molar-refractivity contribution in [2.75, 3.05) is 13.2 Å². The molecule has 1 saturated carbocycles. The predicted molar refractivity (Wildman–Crippen MR) is 53.7 cm³/mol. The number of hydrogen-bond donors (Lipinski definition) is 1. The van der Waals surface area contributed by atoms with E-state index >= 15 is 0 Å². The third-order valence-electron chi connectivity index (χ3n) is 2.86. The minimum absolute atomic E-state index is 0.0224. The molecule has 1 aliphatic carbocycles. The summed E-state index contributed by atoms with van der Waals surface area (Å²) in [5, 5.41) is 9.45. The minimum atomic E-state index is -0.0224. The molecule has 0 aromatic carbocycles. The average molecular weight is 186 g/mol. The topological polar surface area (TPSA) is 29.5 Å². The van der Waals surface area contributed by atoms with Gasteiger partial charge in [0, 0.05) is 13.2 Å². The maximum absolute atomic E-state index is 9.45. The maximum atomic E-state index is 9.45. The number of rotatable bonds is 5. The van der Waals surface area contributed by atoms with Crippen molar-refractivity contribution in [1.82, 2.24) is 0 Å². The summed E-state index contributed by atoms with van der Waals surface area (Å²) in [6.07, 6.45) is 6.92. The first-order valence-corrected chi connectivity index (χ1v) is 5.58. The van der Waals surface area contributed by atoms with E-state index < -0.39 is 0 Å². The first-order valence-electron chi connectivity index (χ1n) is 5.58. The van der Waals surface area contributed by atoms with Crippen molar-refractivity contribution >= 4 is 0 Å². The summed E-state index contributed by atoms with van der Waals surface area (Å²) in [5.41, 5.74) is 0. The van der Waals surface area contributed by atoms with Crippen molar-refractivity contribution in [2.24, 2.45) is 5.92 Å². The van der Waals surface area contributed by atoms with Gasteiger partial charge in [-0.3, -0.25) is 0 Å². The number of hydrogen-bond acceptors (Lipinski definition) is 2. The Hall–Kier alpha value is -0.0800. The zero-order valence-corrected chi connectivity index (χ0v) is 8.67. The van der Waals surface area contributed by atoms with Crippen LogP contribution in [0.4, 0.5) is 0 Å². The lowest BCUT2D eigenvalue weighted by Crippen LogP contribution is -2.19. The van der Waals surface area contributed by atoms with Crippen LogP contribution in [0.15, 0.2) is 0 Å². The van der Waals surface area contributed by atoms with Gasteiger partial charge in [0.15, 0.2) is 0 Å². The third-order valence-corrected chi connectivity index (χ3v) is 2.86. The van der Waals surface area contributed by atoms with Crippen molar-refractivity contribution in [3.05, 3.63) is 0 Å². The second-order valence-corrected chi connectivity index (χ2v) is 4.03. The molecule has 78 valence electrons. The molecule has 2 atom stereocenters. The van der Waals surface area contributed by atoms with Gasteiger partial charge in [-0.05, 0) is 38.5 Å². The van der Waals surface area contributed by atoms with Crippen molar-refractivity contribution in [3.8, 4) is 0 Å². The smallest absolute Gasteiger partial charge is 0.0542 e. The van der Waals surface area contributed by atoms with Crippen molar-refractivity contribution in [3.63, 3.8) is 0 Å². The van der Waals surface area contributed by atoms with Gasteiger partial charge in [0.2, 0.25) is 0 Å². The SMILES string of the molecule is CCOCCCC1CCCC(O)C1. The molecule has 0 aliphatic heterocycles. The van der Waals surface area contributed by atoms with E-state index in [9.17, 15) is 5.11 Å². The van der Waals surface area contributed by atoms with Crippen molar-refractivity contribution in [2.45, 2.75) is 51.6 Å². The third kappa shape index (κ3) is 4.63. The van der Waals surface area contributed by atoms with Crippen LogP contribution in [0.25, 0.3) is 0 Å². The van der Waals surface area contributed by atoms with Crippen LogP contribution in [0, 0.1) is 5.92 Å². The second-order valence-electron chi connectivity index (χ2n) is 4.03. The molecule has 0 bridgehead atoms. The largest absolute Gasteiger partial charge is 0.393 e. The van der Waals surface area contributed by atoms with Gasteiger partial charge in [-0.1, -0.05) is 12.8 Å². The van der Waals surface area contributed by atoms with Crippen LogP contribution in [0.3, 0.4) is 0 Å². The molecule has 2 heteroatoms. The lowest BCUT2D eigenvalue weighted by atomic mass is 9.84. The summed E-state index contributed by atoms with van der Waals surface area (Å²) in [5.74, 6) is 0.754. The zero-order chi connectivity index (χ0) is 9.52. The summed E-state index contributed by atoms with van der Waals surface area (Å²) < 4.78 is 5.29. The van der Waals surface area contributed by atoms with Gasteiger partial charge in [0.05, 0.1) is 6.10 Å². The molecule has 13 heavy (non-hydrogen) atoms. The van der Waals surface area contributed by atoms with Gasteiger partial charge in [0.1, 0.15) is 0 Å².